The van der Waals surface area contributed by atoms with Crippen molar-refractivity contribution < 1.29 is 52.8 Å². The van der Waals surface area contributed by atoms with Gasteiger partial charge < -0.3 is 31.9 Å². The molecule has 58 heavy (non-hydrogen) atoms. The smallest absolute Gasteiger partial charge is 0.120 e. The number of rotatable bonds is 40. The van der Waals surface area contributed by atoms with Gasteiger partial charge in [0, 0.05) is 59.4 Å². The Hall–Kier alpha value is 0.614. The average molecular weight is 904 g/mol. The first-order valence-electron chi connectivity index (χ1n) is 25.6. The topological polar surface area (TPSA) is 81.0 Å². The maximum Gasteiger partial charge on any atom is 0.120 e. The fourth-order valence-corrected chi connectivity index (χ4v) is 6.78. The quantitative estimate of drug-likeness (QED) is 0.0324. The van der Waals surface area contributed by atoms with Crippen molar-refractivity contribution in [1.29, 1.82) is 0 Å². The van der Waals surface area contributed by atoms with E-state index in [1.54, 1.807) is 0 Å². The Labute approximate surface area is 393 Å². The summed E-state index contributed by atoms with van der Waals surface area (Å²) in [5, 5.41) is 25.7. The molecule has 2 unspecified atom stereocenters. The van der Waals surface area contributed by atoms with Gasteiger partial charge in [0.05, 0.1) is 6.10 Å². The molecular formula is C52H112NO4Y-. The third kappa shape index (κ3) is 74.1. The Bertz CT molecular complexity index is 612. The van der Waals surface area contributed by atoms with Gasteiger partial charge in [-0.25, -0.2) is 0 Å². The molecule has 0 bridgehead atoms. The molecule has 0 saturated carbocycles. The Balaban J connectivity index is -0.000000162. The summed E-state index contributed by atoms with van der Waals surface area (Å²) in [5.74, 6) is 0.672. The van der Waals surface area contributed by atoms with Crippen molar-refractivity contribution in [2.45, 2.75) is 286 Å². The third-order valence-corrected chi connectivity index (χ3v) is 10.8. The fourth-order valence-electron chi connectivity index (χ4n) is 6.78. The summed E-state index contributed by atoms with van der Waals surface area (Å²) in [6.45, 7) is 23.3. The fraction of sp³-hybridized carbons (Fsp3) is 0.962. The first-order chi connectivity index (χ1) is 27.9. The van der Waals surface area contributed by atoms with Crippen LogP contribution in [0.1, 0.15) is 280 Å². The zero-order chi connectivity index (χ0) is 43.7. The van der Waals surface area contributed by atoms with E-state index >= 15 is 0 Å². The summed E-state index contributed by atoms with van der Waals surface area (Å²) >= 11 is 0. The van der Waals surface area contributed by atoms with Gasteiger partial charge in [0.15, 0.2) is 0 Å². The molecule has 0 aliphatic heterocycles. The van der Waals surface area contributed by atoms with Crippen molar-refractivity contribution in [3.05, 3.63) is 6.92 Å². The monoisotopic (exact) mass is 904 g/mol. The summed E-state index contributed by atoms with van der Waals surface area (Å²) in [6, 6.07) is 0. The molecule has 0 rings (SSSR count). The van der Waals surface area contributed by atoms with Gasteiger partial charge in [-0.05, 0) is 51.1 Å². The van der Waals surface area contributed by atoms with E-state index in [0.717, 1.165) is 52.0 Å². The molecule has 2 atom stereocenters. The molecule has 0 aromatic heterocycles. The van der Waals surface area contributed by atoms with Crippen molar-refractivity contribution in [3.8, 4) is 0 Å². The maximum absolute atomic E-state index is 10.6. The van der Waals surface area contributed by atoms with E-state index in [4.69, 9.17) is 10.2 Å². The number of carbonyl (C=O) groups excluding carboxylic acids is 1. The molecule has 0 heterocycles. The number of carbonyl (C=O) groups is 1. The van der Waals surface area contributed by atoms with Crippen LogP contribution in [0.5, 0.6) is 0 Å². The largest absolute Gasteiger partial charge is 0.400 e. The van der Waals surface area contributed by atoms with Crippen molar-refractivity contribution in [2.75, 3.05) is 33.4 Å². The molecule has 353 valence electrons. The minimum Gasteiger partial charge on any atom is -0.400 e. The second kappa shape index (κ2) is 72.1. The number of hydrogen-bond acceptors (Lipinski definition) is 5. The van der Waals surface area contributed by atoms with Gasteiger partial charge in [0.2, 0.25) is 0 Å². The molecule has 0 saturated heterocycles. The van der Waals surface area contributed by atoms with Crippen LogP contribution in [-0.4, -0.2) is 66.0 Å². The summed E-state index contributed by atoms with van der Waals surface area (Å²) in [6.07, 6.45) is 46.8. The van der Waals surface area contributed by atoms with Crippen molar-refractivity contribution >= 4 is 6.29 Å². The van der Waals surface area contributed by atoms with E-state index in [9.17, 15) is 9.90 Å². The van der Waals surface area contributed by atoms with Gasteiger partial charge >= 0.3 is 0 Å². The Kier molecular flexibility index (Phi) is 87.3. The maximum atomic E-state index is 10.6. The first-order valence-corrected chi connectivity index (χ1v) is 25.6. The van der Waals surface area contributed by atoms with Gasteiger partial charge in [-0.3, -0.25) is 0 Å². The molecular weight excluding hydrogens is 791 g/mol. The summed E-state index contributed by atoms with van der Waals surface area (Å²) < 4.78 is 0. The Morgan fingerprint density at radius 1 is 0.448 bits per heavy atom. The normalized spacial score (nSPS) is 11.4. The van der Waals surface area contributed by atoms with Crippen LogP contribution in [0.25, 0.3) is 0 Å². The van der Waals surface area contributed by atoms with Gasteiger partial charge in [-0.1, -0.05) is 235 Å². The van der Waals surface area contributed by atoms with Gasteiger partial charge in [0.25, 0.3) is 0 Å². The predicted octanol–water partition coefficient (Wildman–Crippen LogP) is 16.0. The molecule has 5 nitrogen and oxygen atoms in total. The SMILES string of the molecule is CCCC.CCCCCCCC(CC=O)CCCCCC.CCCCCCCCC(O)CCCCCCC.CO.[CH2-]CCCCCN(CCCO)CCCCCC.[Y]. The molecule has 0 aromatic carbocycles. The standard InChI is InChI=1S/C16H32O.C16H34O.C15H32NO.C4H10.CH4O.Y/c1-3-5-7-9-11-13-16(14-15-17)12-10-8-6-4-2;1-3-5-7-9-11-13-15-16(17)14-12-10-8-6-4-2;1-3-5-7-9-12-16(14-11-15-17)13-10-8-6-4-2;1-3-4-2;1-2;/h15-16H,3-14H2,1-2H3;16-17H,3-15H2,1-2H3;17H,1,3-15H2,2H3;3-4H2,1-2H3;2H,1H3;/q;;-1;;;. The summed E-state index contributed by atoms with van der Waals surface area (Å²) in [7, 11) is 1.00. The number of hydrogen-bond donors (Lipinski definition) is 3. The molecule has 0 fully saturated rings. The van der Waals surface area contributed by atoms with Crippen LogP contribution in [0, 0.1) is 12.8 Å². The van der Waals surface area contributed by atoms with Crippen LogP contribution in [0.4, 0.5) is 0 Å². The Morgan fingerprint density at radius 3 is 1.10 bits per heavy atom. The van der Waals surface area contributed by atoms with Crippen LogP contribution in [0.2, 0.25) is 0 Å². The zero-order valence-corrected chi connectivity index (χ0v) is 44.3. The molecule has 1 radical (unpaired) electrons. The van der Waals surface area contributed by atoms with Crippen LogP contribution in [0.3, 0.4) is 0 Å². The minimum atomic E-state index is -0.0252. The number of aldehydes is 1. The van der Waals surface area contributed by atoms with Gasteiger partial charge in [-0.2, -0.15) is 6.42 Å². The zero-order valence-electron chi connectivity index (χ0n) is 41.5. The summed E-state index contributed by atoms with van der Waals surface area (Å²) in [4.78, 5) is 13.2. The Morgan fingerprint density at radius 2 is 0.759 bits per heavy atom. The van der Waals surface area contributed by atoms with Crippen LogP contribution in [-0.2, 0) is 37.5 Å². The summed E-state index contributed by atoms with van der Waals surface area (Å²) in [5.41, 5.74) is 0. The number of aliphatic hydroxyl groups is 3. The second-order valence-corrected chi connectivity index (χ2v) is 16.6. The van der Waals surface area contributed by atoms with E-state index in [-0.39, 0.29) is 38.8 Å². The molecule has 0 spiro atoms. The average Bonchev–Trinajstić information content (AvgIpc) is 3.23. The number of unbranched alkanes of at least 4 members (excludes halogenated alkanes) is 23. The van der Waals surface area contributed by atoms with Crippen molar-refractivity contribution in [1.82, 2.24) is 4.90 Å². The van der Waals surface area contributed by atoms with E-state index in [1.807, 2.05) is 0 Å². The number of nitrogens with zero attached hydrogens (tertiary/aromatic N) is 1. The second-order valence-electron chi connectivity index (χ2n) is 16.6. The van der Waals surface area contributed by atoms with E-state index in [1.165, 1.54) is 212 Å². The first kappa shape index (κ1) is 70.3. The van der Waals surface area contributed by atoms with E-state index in [0.29, 0.717) is 12.5 Å². The molecule has 0 aliphatic rings. The van der Waals surface area contributed by atoms with Crippen molar-refractivity contribution in [2.24, 2.45) is 5.92 Å². The van der Waals surface area contributed by atoms with Crippen molar-refractivity contribution in [3.63, 3.8) is 0 Å². The number of aliphatic hydroxyl groups excluding tert-OH is 3. The third-order valence-electron chi connectivity index (χ3n) is 10.8. The molecule has 0 amide bonds. The van der Waals surface area contributed by atoms with Crippen LogP contribution >= 0.6 is 0 Å². The van der Waals surface area contributed by atoms with E-state index < -0.39 is 0 Å². The van der Waals surface area contributed by atoms with Gasteiger partial charge in [-0.15, -0.1) is 0 Å². The van der Waals surface area contributed by atoms with Crippen LogP contribution in [0.15, 0.2) is 0 Å². The van der Waals surface area contributed by atoms with Crippen LogP contribution < -0.4 is 0 Å². The minimum absolute atomic E-state index is 0. The molecule has 6 heteroatoms. The molecule has 0 aliphatic carbocycles. The van der Waals surface area contributed by atoms with E-state index in [2.05, 4.69) is 60.3 Å². The van der Waals surface area contributed by atoms with Gasteiger partial charge in [0.1, 0.15) is 6.29 Å². The predicted molar refractivity (Wildman–Crippen MR) is 259 cm³/mol. The molecule has 3 N–H and O–H groups in total. The molecule has 0 aromatic rings.